The van der Waals surface area contributed by atoms with Crippen molar-refractivity contribution in [2.24, 2.45) is 5.41 Å². The SMILES string of the molecule is COC[C@]1(C(=O)O)[C@H](c2ccc(OC)cc2)[C@@H]1S(=O)(=O)c1ccc(Cl)cc1. The zero-order valence-corrected chi connectivity index (χ0v) is 16.3. The van der Waals surface area contributed by atoms with Crippen molar-refractivity contribution >= 4 is 27.4 Å². The lowest BCUT2D eigenvalue weighted by atomic mass is 10.00. The van der Waals surface area contributed by atoms with Gasteiger partial charge in [0.25, 0.3) is 0 Å². The molecule has 1 aliphatic carbocycles. The van der Waals surface area contributed by atoms with Crippen LogP contribution in [0.2, 0.25) is 5.02 Å². The quantitative estimate of drug-likeness (QED) is 0.754. The van der Waals surface area contributed by atoms with Crippen LogP contribution < -0.4 is 4.74 Å². The number of halogens is 1. The number of benzene rings is 2. The average molecular weight is 411 g/mol. The Morgan fingerprint density at radius 2 is 1.70 bits per heavy atom. The third-order valence-corrected chi connectivity index (χ3v) is 7.53. The molecule has 3 atom stereocenters. The zero-order valence-electron chi connectivity index (χ0n) is 14.8. The Morgan fingerprint density at radius 1 is 1.11 bits per heavy atom. The first-order chi connectivity index (χ1) is 12.8. The molecule has 6 nitrogen and oxygen atoms in total. The molecular formula is C19H19ClO6S. The zero-order chi connectivity index (χ0) is 19.8. The number of hydrogen-bond donors (Lipinski definition) is 1. The summed E-state index contributed by atoms with van der Waals surface area (Å²) in [5, 5.41) is 9.16. The normalized spacial score (nSPS) is 24.4. The molecule has 0 unspecified atom stereocenters. The van der Waals surface area contributed by atoms with Crippen LogP contribution in [-0.2, 0) is 19.4 Å². The van der Waals surface area contributed by atoms with Gasteiger partial charge in [0.2, 0.25) is 0 Å². The minimum absolute atomic E-state index is 0.0367. The number of sulfone groups is 1. The van der Waals surface area contributed by atoms with Gasteiger partial charge in [-0.15, -0.1) is 0 Å². The van der Waals surface area contributed by atoms with Crippen LogP contribution in [0.15, 0.2) is 53.4 Å². The van der Waals surface area contributed by atoms with Crippen LogP contribution in [0.5, 0.6) is 5.75 Å². The molecule has 1 N–H and O–H groups in total. The van der Waals surface area contributed by atoms with Crippen LogP contribution in [0.4, 0.5) is 0 Å². The van der Waals surface area contributed by atoms with Crippen LogP contribution in [0.3, 0.4) is 0 Å². The maximum absolute atomic E-state index is 13.2. The number of rotatable bonds is 7. The van der Waals surface area contributed by atoms with Gasteiger partial charge in [-0.3, -0.25) is 4.79 Å². The van der Waals surface area contributed by atoms with Crippen LogP contribution >= 0.6 is 11.6 Å². The summed E-state index contributed by atoms with van der Waals surface area (Å²) in [5.41, 5.74) is -0.945. The number of carboxylic acids is 1. The highest BCUT2D eigenvalue weighted by Crippen LogP contribution is 2.64. The van der Waals surface area contributed by atoms with E-state index in [0.717, 1.165) is 0 Å². The first-order valence-electron chi connectivity index (χ1n) is 8.14. The Morgan fingerprint density at radius 3 is 2.19 bits per heavy atom. The highest BCUT2D eigenvalue weighted by molar-refractivity contribution is 7.92. The van der Waals surface area contributed by atoms with E-state index >= 15 is 0 Å². The standard InChI is InChI=1S/C19H19ClO6S/c1-25-11-19(18(21)22)16(12-3-7-14(26-2)8-4-12)17(19)27(23,24)15-9-5-13(20)6-10-15/h3-10,16-17H,11H2,1-2H3,(H,21,22)/t16-,17+,19+/m1/s1. The number of aliphatic carboxylic acids is 1. The molecule has 144 valence electrons. The van der Waals surface area contributed by atoms with Gasteiger partial charge >= 0.3 is 5.97 Å². The van der Waals surface area contributed by atoms with E-state index in [2.05, 4.69) is 0 Å². The second-order valence-corrected chi connectivity index (χ2v) is 8.95. The molecule has 0 saturated heterocycles. The summed E-state index contributed by atoms with van der Waals surface area (Å²) in [4.78, 5) is 12.2. The van der Waals surface area contributed by atoms with Gasteiger partial charge in [0.05, 0.1) is 23.9 Å². The van der Waals surface area contributed by atoms with Gasteiger partial charge < -0.3 is 14.6 Å². The third kappa shape index (κ3) is 3.20. The Labute approximate surface area is 162 Å². The maximum Gasteiger partial charge on any atom is 0.314 e. The van der Waals surface area contributed by atoms with Crippen molar-refractivity contribution in [3.05, 3.63) is 59.1 Å². The molecule has 2 aromatic rings. The summed E-state index contributed by atoms with van der Waals surface area (Å²) in [6.07, 6.45) is 0. The molecule has 0 bridgehead atoms. The molecule has 0 radical (unpaired) electrons. The van der Waals surface area contributed by atoms with E-state index in [0.29, 0.717) is 16.3 Å². The van der Waals surface area contributed by atoms with Crippen molar-refractivity contribution < 1.29 is 27.8 Å². The number of ether oxygens (including phenoxy) is 2. The maximum atomic E-state index is 13.2. The Balaban J connectivity index is 2.09. The number of hydrogen-bond acceptors (Lipinski definition) is 5. The van der Waals surface area contributed by atoms with Crippen molar-refractivity contribution in [1.29, 1.82) is 0 Å². The van der Waals surface area contributed by atoms with E-state index < -0.39 is 32.4 Å². The molecule has 1 fully saturated rings. The fraction of sp³-hybridized carbons (Fsp3) is 0.316. The van der Waals surface area contributed by atoms with Gasteiger partial charge in [0.1, 0.15) is 11.2 Å². The van der Waals surface area contributed by atoms with Crippen molar-refractivity contribution in [2.45, 2.75) is 16.1 Å². The van der Waals surface area contributed by atoms with Gasteiger partial charge in [-0.25, -0.2) is 8.42 Å². The molecule has 0 aromatic heterocycles. The molecule has 0 amide bonds. The van der Waals surface area contributed by atoms with E-state index in [1.807, 2.05) is 0 Å². The second kappa shape index (κ2) is 7.14. The van der Waals surface area contributed by atoms with E-state index in [-0.39, 0.29) is 11.5 Å². The van der Waals surface area contributed by atoms with Crippen LogP contribution in [0.25, 0.3) is 0 Å². The third-order valence-electron chi connectivity index (χ3n) is 4.99. The monoisotopic (exact) mass is 410 g/mol. The smallest absolute Gasteiger partial charge is 0.314 e. The lowest BCUT2D eigenvalue weighted by Gasteiger charge is -2.12. The number of carbonyl (C=O) groups is 1. The predicted molar refractivity (Wildman–Crippen MR) is 100 cm³/mol. The Kier molecular flexibility index (Phi) is 5.20. The summed E-state index contributed by atoms with van der Waals surface area (Å²) in [7, 11) is -1.04. The molecule has 0 spiro atoms. The summed E-state index contributed by atoms with van der Waals surface area (Å²) in [6.45, 7) is -0.212. The van der Waals surface area contributed by atoms with Gasteiger partial charge in [-0.05, 0) is 42.0 Å². The number of methoxy groups -OCH3 is 2. The summed E-state index contributed by atoms with van der Waals surface area (Å²) < 4.78 is 36.7. The molecule has 1 saturated carbocycles. The lowest BCUT2D eigenvalue weighted by molar-refractivity contribution is -0.145. The summed E-state index contributed by atoms with van der Waals surface area (Å²) in [5.74, 6) is -1.33. The van der Waals surface area contributed by atoms with Crippen molar-refractivity contribution in [1.82, 2.24) is 0 Å². The van der Waals surface area contributed by atoms with Crippen molar-refractivity contribution in [3.63, 3.8) is 0 Å². The highest BCUT2D eigenvalue weighted by Gasteiger charge is 2.76. The largest absolute Gasteiger partial charge is 0.497 e. The molecule has 2 aromatic carbocycles. The Bertz CT molecular complexity index is 939. The molecular weight excluding hydrogens is 392 g/mol. The summed E-state index contributed by atoms with van der Waals surface area (Å²) in [6, 6.07) is 12.5. The molecule has 1 aliphatic rings. The van der Waals surface area contributed by atoms with E-state index in [1.165, 1.54) is 38.5 Å². The molecule has 8 heteroatoms. The fourth-order valence-corrected chi connectivity index (χ4v) is 6.13. The fourth-order valence-electron chi connectivity index (χ4n) is 3.64. The van der Waals surface area contributed by atoms with Gasteiger partial charge in [-0.2, -0.15) is 0 Å². The minimum atomic E-state index is -3.92. The lowest BCUT2D eigenvalue weighted by Crippen LogP contribution is -2.28. The average Bonchev–Trinajstić information content (AvgIpc) is 3.33. The first-order valence-corrected chi connectivity index (χ1v) is 10.1. The molecule has 3 rings (SSSR count). The topological polar surface area (TPSA) is 89.9 Å². The van der Waals surface area contributed by atoms with Gasteiger partial charge in [0, 0.05) is 18.1 Å². The van der Waals surface area contributed by atoms with Gasteiger partial charge in [0.15, 0.2) is 9.84 Å². The van der Waals surface area contributed by atoms with Gasteiger partial charge in [-0.1, -0.05) is 23.7 Å². The summed E-state index contributed by atoms with van der Waals surface area (Å²) >= 11 is 5.85. The van der Waals surface area contributed by atoms with E-state index in [9.17, 15) is 18.3 Å². The molecule has 0 heterocycles. The number of carboxylic acid groups (broad SMARTS) is 1. The van der Waals surface area contributed by atoms with Crippen molar-refractivity contribution in [3.8, 4) is 5.75 Å². The van der Waals surface area contributed by atoms with Crippen LogP contribution in [0, 0.1) is 5.41 Å². The second-order valence-electron chi connectivity index (χ2n) is 6.45. The predicted octanol–water partition coefficient (Wildman–Crippen LogP) is 3.01. The van der Waals surface area contributed by atoms with Crippen LogP contribution in [-0.4, -0.2) is 45.6 Å². The molecule has 0 aliphatic heterocycles. The highest BCUT2D eigenvalue weighted by atomic mass is 35.5. The van der Waals surface area contributed by atoms with Crippen molar-refractivity contribution in [2.75, 3.05) is 20.8 Å². The van der Waals surface area contributed by atoms with Crippen LogP contribution in [0.1, 0.15) is 11.5 Å². The van der Waals surface area contributed by atoms with E-state index in [1.54, 1.807) is 24.3 Å². The van der Waals surface area contributed by atoms with E-state index in [4.69, 9.17) is 21.1 Å². The Hall–Kier alpha value is -2.09. The first kappa shape index (κ1) is 19.7. The molecule has 27 heavy (non-hydrogen) atoms. The minimum Gasteiger partial charge on any atom is -0.497 e.